The number of carboxylic acids is 1. The van der Waals surface area contributed by atoms with Gasteiger partial charge in [0.2, 0.25) is 0 Å². The van der Waals surface area contributed by atoms with E-state index in [1.54, 1.807) is 36.4 Å². The molecule has 142 valence electrons. The molecule has 0 heterocycles. The van der Waals surface area contributed by atoms with Crippen LogP contribution in [0.1, 0.15) is 32.5 Å². The van der Waals surface area contributed by atoms with Gasteiger partial charge in [-0.05, 0) is 30.3 Å². The summed E-state index contributed by atoms with van der Waals surface area (Å²) in [7, 11) is 0. The molecule has 3 aromatic carbocycles. The lowest BCUT2D eigenvalue weighted by Gasteiger charge is -2.22. The van der Waals surface area contributed by atoms with Crippen molar-refractivity contribution in [3.05, 3.63) is 99.5 Å². The van der Waals surface area contributed by atoms with Gasteiger partial charge < -0.3 is 15.2 Å². The normalized spacial score (nSPS) is 11.5. The molecular formula is C21H15Cl2NO4. The maximum atomic E-state index is 12.7. The van der Waals surface area contributed by atoms with Crippen molar-refractivity contribution in [2.75, 3.05) is 0 Å². The van der Waals surface area contributed by atoms with E-state index in [0.717, 1.165) is 0 Å². The third kappa shape index (κ3) is 4.82. The summed E-state index contributed by atoms with van der Waals surface area (Å²) in [6, 6.07) is 19.6. The number of amides is 1. The van der Waals surface area contributed by atoms with E-state index < -0.39 is 18.1 Å². The van der Waals surface area contributed by atoms with E-state index in [1.807, 2.05) is 6.07 Å². The molecule has 3 rings (SSSR count). The van der Waals surface area contributed by atoms with Crippen molar-refractivity contribution in [2.24, 2.45) is 0 Å². The largest absolute Gasteiger partial charge is 0.478 e. The molecule has 7 heteroatoms. The molecule has 0 spiro atoms. The van der Waals surface area contributed by atoms with Gasteiger partial charge in [-0.3, -0.25) is 4.79 Å². The summed E-state index contributed by atoms with van der Waals surface area (Å²) in [6.07, 6.45) is -0.924. The van der Waals surface area contributed by atoms with Gasteiger partial charge in [-0.15, -0.1) is 0 Å². The highest BCUT2D eigenvalue weighted by Crippen LogP contribution is 2.25. The van der Waals surface area contributed by atoms with Gasteiger partial charge in [-0.1, -0.05) is 65.7 Å². The highest BCUT2D eigenvalue weighted by Gasteiger charge is 2.21. The molecule has 0 aliphatic heterocycles. The number of para-hydroxylation sites is 1. The molecule has 0 saturated carbocycles. The van der Waals surface area contributed by atoms with Gasteiger partial charge in [0.15, 0.2) is 6.23 Å². The van der Waals surface area contributed by atoms with Gasteiger partial charge in [-0.2, -0.15) is 0 Å². The Morgan fingerprint density at radius 1 is 0.893 bits per heavy atom. The number of hydrogen-bond donors (Lipinski definition) is 2. The van der Waals surface area contributed by atoms with Gasteiger partial charge in [0.05, 0.1) is 0 Å². The molecule has 1 atom stereocenters. The number of halogens is 2. The molecule has 0 aliphatic rings. The quantitative estimate of drug-likeness (QED) is 0.542. The first kappa shape index (κ1) is 19.7. The summed E-state index contributed by atoms with van der Waals surface area (Å²) in [4.78, 5) is 24.2. The number of carbonyl (C=O) groups is 2. The zero-order chi connectivity index (χ0) is 20.1. The Morgan fingerprint density at radius 3 is 2.14 bits per heavy atom. The molecule has 0 saturated heterocycles. The molecule has 0 bridgehead atoms. The first-order valence-corrected chi connectivity index (χ1v) is 9.00. The number of rotatable bonds is 6. The van der Waals surface area contributed by atoms with Gasteiger partial charge in [0, 0.05) is 21.2 Å². The smallest absolute Gasteiger partial charge is 0.339 e. The molecule has 2 N–H and O–H groups in total. The third-order valence-corrected chi connectivity index (χ3v) is 4.29. The van der Waals surface area contributed by atoms with E-state index in [4.69, 9.17) is 27.9 Å². The first-order valence-electron chi connectivity index (χ1n) is 8.25. The Balaban J connectivity index is 1.92. The van der Waals surface area contributed by atoms with Crippen LogP contribution in [0.15, 0.2) is 72.8 Å². The zero-order valence-electron chi connectivity index (χ0n) is 14.4. The van der Waals surface area contributed by atoms with Crippen LogP contribution in [0.25, 0.3) is 0 Å². The Hall–Kier alpha value is -3.02. The van der Waals surface area contributed by atoms with Crippen molar-refractivity contribution in [3.8, 4) is 5.75 Å². The maximum Gasteiger partial charge on any atom is 0.339 e. The second kappa shape index (κ2) is 8.78. The standard InChI is InChI=1S/C21H15Cl2NO4/c22-15-10-14(11-16(23)12-15)19(25)24-20(13-6-2-1-3-7-13)28-18-9-5-4-8-17(18)21(26)27/h1-12,20H,(H,24,25)(H,26,27). The first-order chi connectivity index (χ1) is 13.4. The fourth-order valence-corrected chi connectivity index (χ4v) is 3.10. The second-order valence-electron chi connectivity index (χ2n) is 5.84. The van der Waals surface area contributed by atoms with Crippen molar-refractivity contribution in [1.29, 1.82) is 0 Å². The topological polar surface area (TPSA) is 75.6 Å². The van der Waals surface area contributed by atoms with Gasteiger partial charge in [-0.25, -0.2) is 4.79 Å². The van der Waals surface area contributed by atoms with Crippen molar-refractivity contribution in [3.63, 3.8) is 0 Å². The Labute approximate surface area is 171 Å². The van der Waals surface area contributed by atoms with E-state index in [2.05, 4.69) is 5.32 Å². The minimum atomic E-state index is -1.13. The molecule has 5 nitrogen and oxygen atoms in total. The Bertz CT molecular complexity index is 988. The minimum absolute atomic E-state index is 0.0107. The third-order valence-electron chi connectivity index (χ3n) is 3.85. The molecule has 1 amide bonds. The Morgan fingerprint density at radius 2 is 1.50 bits per heavy atom. The summed E-state index contributed by atoms with van der Waals surface area (Å²) < 4.78 is 5.87. The molecule has 0 aliphatic carbocycles. The van der Waals surface area contributed by atoms with E-state index in [0.29, 0.717) is 15.6 Å². The van der Waals surface area contributed by atoms with Crippen LogP contribution in [0.3, 0.4) is 0 Å². The van der Waals surface area contributed by atoms with Crippen molar-refractivity contribution < 1.29 is 19.4 Å². The van der Waals surface area contributed by atoms with Crippen LogP contribution in [-0.2, 0) is 0 Å². The van der Waals surface area contributed by atoms with Gasteiger partial charge in [0.1, 0.15) is 11.3 Å². The molecule has 0 aromatic heterocycles. The predicted octanol–water partition coefficient (Wildman–Crippen LogP) is 5.20. The zero-order valence-corrected chi connectivity index (χ0v) is 15.9. The molecule has 0 radical (unpaired) electrons. The number of aromatic carboxylic acids is 1. The van der Waals surface area contributed by atoms with E-state index in [1.165, 1.54) is 30.3 Å². The highest BCUT2D eigenvalue weighted by molar-refractivity contribution is 6.35. The van der Waals surface area contributed by atoms with Gasteiger partial charge in [0.25, 0.3) is 5.91 Å². The lowest BCUT2D eigenvalue weighted by Crippen LogP contribution is -2.32. The fourth-order valence-electron chi connectivity index (χ4n) is 2.57. The number of benzene rings is 3. The summed E-state index contributed by atoms with van der Waals surface area (Å²) >= 11 is 11.9. The summed E-state index contributed by atoms with van der Waals surface area (Å²) in [5.74, 6) is -1.46. The van der Waals surface area contributed by atoms with Crippen LogP contribution in [0.4, 0.5) is 0 Å². The average Bonchev–Trinajstić information content (AvgIpc) is 2.67. The summed E-state index contributed by atoms with van der Waals surface area (Å²) in [6.45, 7) is 0. The SMILES string of the molecule is O=C(NC(Oc1ccccc1C(=O)O)c1ccccc1)c1cc(Cl)cc(Cl)c1. The number of hydrogen-bond acceptors (Lipinski definition) is 3. The molecule has 28 heavy (non-hydrogen) atoms. The van der Waals surface area contributed by atoms with E-state index >= 15 is 0 Å². The predicted molar refractivity (Wildman–Crippen MR) is 107 cm³/mol. The molecule has 3 aromatic rings. The molecule has 0 fully saturated rings. The van der Waals surface area contributed by atoms with Crippen LogP contribution >= 0.6 is 23.2 Å². The Kier molecular flexibility index (Phi) is 6.19. The number of nitrogens with one attached hydrogen (secondary N) is 1. The van der Waals surface area contributed by atoms with Crippen LogP contribution in [-0.4, -0.2) is 17.0 Å². The maximum absolute atomic E-state index is 12.7. The van der Waals surface area contributed by atoms with Crippen LogP contribution in [0, 0.1) is 0 Å². The highest BCUT2D eigenvalue weighted by atomic mass is 35.5. The second-order valence-corrected chi connectivity index (χ2v) is 6.71. The van der Waals surface area contributed by atoms with Crippen LogP contribution < -0.4 is 10.1 Å². The van der Waals surface area contributed by atoms with Gasteiger partial charge >= 0.3 is 5.97 Å². The summed E-state index contributed by atoms with van der Waals surface area (Å²) in [5.41, 5.74) is 0.890. The lowest BCUT2D eigenvalue weighted by molar-refractivity contribution is 0.0684. The van der Waals surface area contributed by atoms with E-state index in [-0.39, 0.29) is 16.9 Å². The van der Waals surface area contributed by atoms with Crippen LogP contribution in [0.2, 0.25) is 10.0 Å². The monoisotopic (exact) mass is 415 g/mol. The minimum Gasteiger partial charge on any atom is -0.478 e. The van der Waals surface area contributed by atoms with Crippen molar-refractivity contribution in [2.45, 2.75) is 6.23 Å². The van der Waals surface area contributed by atoms with E-state index in [9.17, 15) is 14.7 Å². The van der Waals surface area contributed by atoms with Crippen molar-refractivity contribution in [1.82, 2.24) is 5.32 Å². The number of ether oxygens (including phenoxy) is 1. The number of carboxylic acid groups (broad SMARTS) is 1. The molecule has 1 unspecified atom stereocenters. The fraction of sp³-hybridized carbons (Fsp3) is 0.0476. The average molecular weight is 416 g/mol. The van der Waals surface area contributed by atoms with Crippen LogP contribution in [0.5, 0.6) is 5.75 Å². The summed E-state index contributed by atoms with van der Waals surface area (Å²) in [5, 5.41) is 12.8. The molecular weight excluding hydrogens is 401 g/mol. The van der Waals surface area contributed by atoms with Crippen molar-refractivity contribution >= 4 is 35.1 Å². The lowest BCUT2D eigenvalue weighted by atomic mass is 10.1. The number of carbonyl (C=O) groups excluding carboxylic acids is 1.